The van der Waals surface area contributed by atoms with Gasteiger partial charge in [-0.15, -0.1) is 0 Å². The van der Waals surface area contributed by atoms with Gasteiger partial charge in [0.2, 0.25) is 12.0 Å². The predicted molar refractivity (Wildman–Crippen MR) is 139 cm³/mol. The number of benzene rings is 2. The minimum Gasteiger partial charge on any atom is -0.493 e. The minimum atomic E-state index is -1.82. The molecule has 5 rings (SSSR count). The highest BCUT2D eigenvalue weighted by atomic mass is 16.7. The number of carboxylic acids is 1. The number of aliphatic hydroxyl groups is 3. The molecule has 0 radical (unpaired) electrons. The standard InChI is InChI=1S/C27H32N2O13/c1-36-14-6-5-11-13-9-38-15-7-10(3-4-12(15)21(13)41-22(11)23(14)37-2)39-27-20(35)18(33)19(34)24(42-27)25(26(28)29)40-17(32)8-16(30)31/h3-7,13,18-21,24-27,33-35H,8-9,28-29H2,1-2H3,(H,30,31). The lowest BCUT2D eigenvalue weighted by Crippen LogP contribution is -2.66. The molecule has 8 N–H and O–H groups in total. The van der Waals surface area contributed by atoms with E-state index in [1.165, 1.54) is 14.2 Å². The molecule has 15 nitrogen and oxygen atoms in total. The van der Waals surface area contributed by atoms with E-state index in [2.05, 4.69) is 0 Å². The number of carbonyl (C=O) groups is 2. The van der Waals surface area contributed by atoms with Crippen LogP contribution >= 0.6 is 0 Å². The molecule has 2 aromatic carbocycles. The van der Waals surface area contributed by atoms with Gasteiger partial charge in [-0.3, -0.25) is 9.59 Å². The van der Waals surface area contributed by atoms with E-state index in [-0.39, 0.29) is 24.4 Å². The van der Waals surface area contributed by atoms with E-state index in [9.17, 15) is 24.9 Å². The molecule has 0 aromatic heterocycles. The van der Waals surface area contributed by atoms with Gasteiger partial charge in [-0.25, -0.2) is 0 Å². The normalized spacial score (nSPS) is 28.3. The molecule has 15 heteroatoms. The summed E-state index contributed by atoms with van der Waals surface area (Å²) in [5.74, 6) is -0.569. The molecule has 0 saturated carbocycles. The fourth-order valence-corrected chi connectivity index (χ4v) is 5.34. The molecule has 8 atom stereocenters. The highest BCUT2D eigenvalue weighted by Crippen LogP contribution is 2.56. The number of aliphatic carboxylic acids is 1. The van der Waals surface area contributed by atoms with E-state index >= 15 is 0 Å². The summed E-state index contributed by atoms with van der Waals surface area (Å²) in [7, 11) is 3.07. The Labute approximate surface area is 239 Å². The molecule has 1 fully saturated rings. The molecule has 1 saturated heterocycles. The van der Waals surface area contributed by atoms with Crippen LogP contribution in [0.25, 0.3) is 0 Å². The van der Waals surface area contributed by atoms with Crippen LogP contribution in [0.1, 0.15) is 29.6 Å². The Bertz CT molecular complexity index is 1340. The number of methoxy groups -OCH3 is 2. The van der Waals surface area contributed by atoms with Crippen LogP contribution in [0.4, 0.5) is 0 Å². The zero-order valence-corrected chi connectivity index (χ0v) is 22.6. The Morgan fingerprint density at radius 1 is 1.02 bits per heavy atom. The maximum absolute atomic E-state index is 12.0. The Hall–Kier alpha value is -3.86. The van der Waals surface area contributed by atoms with Gasteiger partial charge in [0.1, 0.15) is 48.4 Å². The van der Waals surface area contributed by atoms with E-state index < -0.39 is 61.3 Å². The maximum Gasteiger partial charge on any atom is 0.317 e. The lowest BCUT2D eigenvalue weighted by molar-refractivity contribution is -0.291. The van der Waals surface area contributed by atoms with Crippen LogP contribution in [0.5, 0.6) is 28.7 Å². The van der Waals surface area contributed by atoms with E-state index in [4.69, 9.17) is 49.7 Å². The first-order chi connectivity index (χ1) is 20.0. The number of esters is 1. The van der Waals surface area contributed by atoms with Crippen molar-refractivity contribution in [2.45, 2.75) is 61.4 Å². The Morgan fingerprint density at radius 3 is 2.43 bits per heavy atom. The smallest absolute Gasteiger partial charge is 0.317 e. The number of hydrogen-bond donors (Lipinski definition) is 6. The van der Waals surface area contributed by atoms with Gasteiger partial charge in [-0.05, 0) is 18.2 Å². The van der Waals surface area contributed by atoms with Gasteiger partial charge in [-0.2, -0.15) is 0 Å². The molecule has 2 aromatic rings. The maximum atomic E-state index is 12.0. The van der Waals surface area contributed by atoms with Gasteiger partial charge in [0.05, 0.1) is 32.9 Å². The summed E-state index contributed by atoms with van der Waals surface area (Å²) in [4.78, 5) is 22.8. The second-order valence-corrected chi connectivity index (χ2v) is 10.0. The summed E-state index contributed by atoms with van der Waals surface area (Å²) in [6, 6.07) is 8.57. The summed E-state index contributed by atoms with van der Waals surface area (Å²) in [6.07, 6.45) is -12.9. The summed E-state index contributed by atoms with van der Waals surface area (Å²) in [6.45, 7) is 0.289. The molecule has 3 aliphatic rings. The number of aliphatic hydroxyl groups excluding tert-OH is 3. The Morgan fingerprint density at radius 2 is 1.76 bits per heavy atom. The molecule has 42 heavy (non-hydrogen) atoms. The lowest BCUT2D eigenvalue weighted by atomic mass is 9.89. The first kappa shape index (κ1) is 29.6. The molecule has 3 aliphatic heterocycles. The van der Waals surface area contributed by atoms with Gasteiger partial charge >= 0.3 is 11.9 Å². The number of carbonyl (C=O) groups excluding carboxylic acids is 1. The zero-order valence-electron chi connectivity index (χ0n) is 22.6. The number of fused-ring (bicyclic) bond motifs is 5. The Kier molecular flexibility index (Phi) is 8.32. The predicted octanol–water partition coefficient (Wildman–Crippen LogP) is -0.870. The summed E-state index contributed by atoms with van der Waals surface area (Å²) >= 11 is 0. The number of carboxylic acid groups (broad SMARTS) is 1. The molecular weight excluding hydrogens is 560 g/mol. The van der Waals surface area contributed by atoms with Crippen molar-refractivity contribution in [2.24, 2.45) is 11.5 Å². The van der Waals surface area contributed by atoms with E-state index in [0.29, 0.717) is 23.0 Å². The third-order valence-electron chi connectivity index (χ3n) is 7.38. The van der Waals surface area contributed by atoms with Crippen molar-refractivity contribution in [3.63, 3.8) is 0 Å². The van der Waals surface area contributed by atoms with Crippen molar-refractivity contribution in [3.05, 3.63) is 41.5 Å². The molecule has 228 valence electrons. The summed E-state index contributed by atoms with van der Waals surface area (Å²) < 4.78 is 39.7. The van der Waals surface area contributed by atoms with Gasteiger partial charge in [0, 0.05) is 17.2 Å². The second-order valence-electron chi connectivity index (χ2n) is 10.0. The highest BCUT2D eigenvalue weighted by Gasteiger charge is 2.50. The largest absolute Gasteiger partial charge is 0.493 e. The van der Waals surface area contributed by atoms with Crippen LogP contribution in [-0.4, -0.2) is 96.2 Å². The number of hydrogen-bond acceptors (Lipinski definition) is 14. The first-order valence-corrected chi connectivity index (χ1v) is 13.0. The van der Waals surface area contributed by atoms with Crippen LogP contribution < -0.4 is 35.2 Å². The van der Waals surface area contributed by atoms with E-state index in [1.807, 2.05) is 6.07 Å². The van der Waals surface area contributed by atoms with Crippen LogP contribution in [0.3, 0.4) is 0 Å². The highest BCUT2D eigenvalue weighted by molar-refractivity contribution is 5.90. The van der Waals surface area contributed by atoms with E-state index in [1.54, 1.807) is 24.3 Å². The van der Waals surface area contributed by atoms with Gasteiger partial charge in [0.25, 0.3) is 0 Å². The SMILES string of the molecule is COc1ccc2c(c1OC)OC1c3ccc(OC4OC(C(OC(=O)CC(=O)O)C(N)N)C(O)C(O)C4O)cc3OCC21. The zero-order chi connectivity index (χ0) is 30.3. The van der Waals surface area contributed by atoms with E-state index in [0.717, 1.165) is 11.1 Å². The van der Waals surface area contributed by atoms with Crippen molar-refractivity contribution >= 4 is 11.9 Å². The minimum absolute atomic E-state index is 0.110. The molecule has 8 unspecified atom stereocenters. The summed E-state index contributed by atoms with van der Waals surface area (Å²) in [5.41, 5.74) is 13.1. The number of rotatable bonds is 9. The average Bonchev–Trinajstić information content (AvgIpc) is 3.34. The van der Waals surface area contributed by atoms with Gasteiger partial charge in [0.15, 0.2) is 17.6 Å². The topological polar surface area (TPSA) is 232 Å². The van der Waals surface area contributed by atoms with Gasteiger partial charge in [-0.1, -0.05) is 6.07 Å². The van der Waals surface area contributed by atoms with Crippen LogP contribution in [0, 0.1) is 0 Å². The van der Waals surface area contributed by atoms with Crippen molar-refractivity contribution in [1.82, 2.24) is 0 Å². The van der Waals surface area contributed by atoms with Crippen molar-refractivity contribution in [3.8, 4) is 28.7 Å². The van der Waals surface area contributed by atoms with Crippen LogP contribution in [-0.2, 0) is 19.1 Å². The molecule has 0 amide bonds. The monoisotopic (exact) mass is 592 g/mol. The third-order valence-corrected chi connectivity index (χ3v) is 7.38. The summed E-state index contributed by atoms with van der Waals surface area (Å²) in [5, 5.41) is 40.5. The third kappa shape index (κ3) is 5.37. The van der Waals surface area contributed by atoms with Crippen LogP contribution in [0.2, 0.25) is 0 Å². The van der Waals surface area contributed by atoms with Gasteiger partial charge < -0.3 is 65.1 Å². The second kappa shape index (κ2) is 11.8. The lowest BCUT2D eigenvalue weighted by Gasteiger charge is -2.43. The van der Waals surface area contributed by atoms with Crippen molar-refractivity contribution in [2.75, 3.05) is 20.8 Å². The van der Waals surface area contributed by atoms with Crippen molar-refractivity contribution in [1.29, 1.82) is 0 Å². The number of nitrogens with two attached hydrogens (primary N) is 2. The molecule has 0 aliphatic carbocycles. The fourth-order valence-electron chi connectivity index (χ4n) is 5.34. The molecule has 0 spiro atoms. The van der Waals surface area contributed by atoms with Crippen LogP contribution in [0.15, 0.2) is 30.3 Å². The Balaban J connectivity index is 1.34. The quantitative estimate of drug-likeness (QED) is 0.118. The molecular formula is C27H32N2O13. The average molecular weight is 593 g/mol. The first-order valence-electron chi connectivity index (χ1n) is 13.0. The molecule has 0 bridgehead atoms. The molecule has 3 heterocycles. The fraction of sp³-hybridized carbons (Fsp3) is 0.481. The number of ether oxygens (including phenoxy) is 7. The van der Waals surface area contributed by atoms with Crippen molar-refractivity contribution < 1.29 is 63.2 Å².